The van der Waals surface area contributed by atoms with E-state index in [4.69, 9.17) is 18.9 Å². The third-order valence-corrected chi connectivity index (χ3v) is 15.1. The van der Waals surface area contributed by atoms with Crippen LogP contribution in [0.5, 0.6) is 0 Å². The molecule has 0 saturated heterocycles. The van der Waals surface area contributed by atoms with Crippen molar-refractivity contribution in [1.29, 1.82) is 0 Å². The molecule has 0 bridgehead atoms. The molecule has 0 fully saturated rings. The first-order chi connectivity index (χ1) is 40.6. The molecule has 0 aromatic rings. The molecule has 0 aliphatic carbocycles. The van der Waals surface area contributed by atoms with Gasteiger partial charge in [-0.3, -0.25) is 9.59 Å². The van der Waals surface area contributed by atoms with Crippen LogP contribution in [0.2, 0.25) is 0 Å². The Balaban J connectivity index is 4.13. The molecule has 2 unspecified atom stereocenters. The van der Waals surface area contributed by atoms with Gasteiger partial charge in [0.25, 0.3) is 0 Å². The van der Waals surface area contributed by atoms with Crippen molar-refractivity contribution in [2.24, 2.45) is 0 Å². The highest BCUT2D eigenvalue weighted by molar-refractivity contribution is 5.70. The SMILES string of the molecule is CC/C=C\C/C=C\C/C=C\C/C=C\C/C=C\C/C=C\CCCCCCCCCCCCC(=O)OC(COC(=O)CCCCCCCCCCCCCCCCCCC/C=C\CCCCCCCCCC)COC(OCC[N+](C)(C)C)C(=O)[O-]. The summed E-state index contributed by atoms with van der Waals surface area (Å²) in [6, 6.07) is 0. The van der Waals surface area contributed by atoms with E-state index >= 15 is 0 Å². The number of carbonyl (C=O) groups excluding carboxylic acids is 3. The van der Waals surface area contributed by atoms with Crippen molar-refractivity contribution >= 4 is 17.9 Å². The van der Waals surface area contributed by atoms with Crippen LogP contribution < -0.4 is 5.11 Å². The van der Waals surface area contributed by atoms with Gasteiger partial charge in [-0.1, -0.05) is 292 Å². The van der Waals surface area contributed by atoms with E-state index in [1.807, 2.05) is 21.1 Å². The van der Waals surface area contributed by atoms with Crippen LogP contribution in [0.25, 0.3) is 0 Å². The summed E-state index contributed by atoms with van der Waals surface area (Å²) in [6.07, 6.45) is 83.7. The molecule has 0 saturated carbocycles. The minimum Gasteiger partial charge on any atom is -0.545 e. The Morgan fingerprint density at radius 1 is 0.373 bits per heavy atom. The number of carbonyl (C=O) groups is 3. The van der Waals surface area contributed by atoms with Gasteiger partial charge in [-0.05, 0) is 89.9 Å². The summed E-state index contributed by atoms with van der Waals surface area (Å²) in [5.41, 5.74) is 0. The van der Waals surface area contributed by atoms with Gasteiger partial charge in [-0.25, -0.2) is 0 Å². The van der Waals surface area contributed by atoms with Gasteiger partial charge >= 0.3 is 11.9 Å². The van der Waals surface area contributed by atoms with Crippen molar-refractivity contribution in [3.63, 3.8) is 0 Å². The molecule has 0 rings (SSSR count). The van der Waals surface area contributed by atoms with Crippen molar-refractivity contribution in [3.8, 4) is 0 Å². The van der Waals surface area contributed by atoms with Gasteiger partial charge in [0.2, 0.25) is 0 Å². The highest BCUT2D eigenvalue weighted by Gasteiger charge is 2.22. The molecule has 83 heavy (non-hydrogen) atoms. The van der Waals surface area contributed by atoms with E-state index in [-0.39, 0.29) is 32.2 Å². The summed E-state index contributed by atoms with van der Waals surface area (Å²) < 4.78 is 22.8. The number of carboxylic acid groups (broad SMARTS) is 1. The minimum atomic E-state index is -1.63. The van der Waals surface area contributed by atoms with Crippen molar-refractivity contribution in [1.82, 2.24) is 0 Å². The van der Waals surface area contributed by atoms with Crippen molar-refractivity contribution in [3.05, 3.63) is 85.1 Å². The van der Waals surface area contributed by atoms with Gasteiger partial charge in [0, 0.05) is 12.8 Å². The second-order valence-electron chi connectivity index (χ2n) is 24.4. The zero-order chi connectivity index (χ0) is 60.5. The van der Waals surface area contributed by atoms with Crippen molar-refractivity contribution in [2.45, 2.75) is 322 Å². The predicted molar refractivity (Wildman–Crippen MR) is 352 cm³/mol. The molecule has 0 aliphatic rings. The average Bonchev–Trinajstić information content (AvgIpc) is 3.46. The van der Waals surface area contributed by atoms with E-state index in [0.717, 1.165) is 83.5 Å². The number of aliphatic carboxylic acids is 1. The molecule has 0 radical (unpaired) electrons. The third kappa shape index (κ3) is 65.9. The number of ether oxygens (including phenoxy) is 4. The molecule has 0 aromatic carbocycles. The van der Waals surface area contributed by atoms with Crippen LogP contribution in [-0.2, 0) is 33.3 Å². The molecular formula is C74H131NO8. The fraction of sp³-hybridized carbons (Fsp3) is 0.770. The Morgan fingerprint density at radius 3 is 1.04 bits per heavy atom. The molecule has 9 heteroatoms. The highest BCUT2D eigenvalue weighted by atomic mass is 16.7. The maximum atomic E-state index is 12.9. The van der Waals surface area contributed by atoms with Gasteiger partial charge in [0.05, 0.1) is 40.3 Å². The first-order valence-corrected chi connectivity index (χ1v) is 34.7. The molecule has 2 atom stereocenters. The lowest BCUT2D eigenvalue weighted by molar-refractivity contribution is -0.870. The normalized spacial score (nSPS) is 13.2. The zero-order valence-electron chi connectivity index (χ0n) is 54.8. The Labute approximate surface area is 512 Å². The summed E-state index contributed by atoms with van der Waals surface area (Å²) in [5, 5.41) is 11.8. The Hall–Kier alpha value is -3.53. The molecule has 0 amide bonds. The molecule has 0 aromatic heterocycles. The molecule has 480 valence electrons. The van der Waals surface area contributed by atoms with Gasteiger partial charge < -0.3 is 33.3 Å². The number of likely N-dealkylation sites (N-methyl/N-ethyl adjacent to an activating group) is 1. The highest BCUT2D eigenvalue weighted by Crippen LogP contribution is 2.17. The molecule has 0 aliphatic heterocycles. The second-order valence-corrected chi connectivity index (χ2v) is 24.4. The third-order valence-electron chi connectivity index (χ3n) is 15.1. The predicted octanol–water partition coefficient (Wildman–Crippen LogP) is 20.1. The monoisotopic (exact) mass is 1160 g/mol. The number of carboxylic acids is 1. The molecule has 9 nitrogen and oxygen atoms in total. The number of quaternary nitrogens is 1. The summed E-state index contributed by atoms with van der Waals surface area (Å²) in [4.78, 5) is 37.5. The number of allylic oxidation sites excluding steroid dienone is 14. The van der Waals surface area contributed by atoms with Crippen molar-refractivity contribution in [2.75, 3.05) is 47.5 Å². The standard InChI is InChI=1S/C74H131NO8/c1-6-8-10-12-14-16-18-20-22-24-26-28-30-32-34-36-38-40-42-44-46-48-50-52-54-56-58-60-62-64-71(76)81-68-70(69-82-74(73(78)79)80-67-66-75(3,4)5)83-72(77)65-63-61-59-57-55-53-51-49-47-45-43-41-39-37-35-33-31-29-27-25-23-21-19-17-15-13-11-9-7-2/h9,11,15,17,21,23-24,26-27,29,33,35,39,41,70,74H,6-8,10,12-14,16,18-20,22,25,28,30-32,34,36-38,40,42-69H2,1-5H3/b11-9-,17-15-,23-21-,26-24-,29-27-,35-33-,41-39-. The molecule has 0 N–H and O–H groups in total. The Kier molecular flexibility index (Phi) is 61.7. The van der Waals surface area contributed by atoms with E-state index in [1.165, 1.54) is 193 Å². The van der Waals surface area contributed by atoms with E-state index in [9.17, 15) is 19.5 Å². The van der Waals surface area contributed by atoms with Crippen LogP contribution >= 0.6 is 0 Å². The lowest BCUT2D eigenvalue weighted by Gasteiger charge is -2.26. The number of hydrogen-bond donors (Lipinski definition) is 0. The average molecular weight is 1160 g/mol. The van der Waals surface area contributed by atoms with E-state index < -0.39 is 24.3 Å². The van der Waals surface area contributed by atoms with E-state index in [1.54, 1.807) is 0 Å². The zero-order valence-corrected chi connectivity index (χ0v) is 54.8. The number of unbranched alkanes of at least 4 members (excludes halogenated alkanes) is 35. The molecular weight excluding hydrogens is 1030 g/mol. The van der Waals surface area contributed by atoms with Crippen LogP contribution in [0.1, 0.15) is 309 Å². The fourth-order valence-electron chi connectivity index (χ4n) is 9.83. The van der Waals surface area contributed by atoms with Gasteiger partial charge in [-0.15, -0.1) is 0 Å². The summed E-state index contributed by atoms with van der Waals surface area (Å²) in [6.45, 7) is 4.66. The van der Waals surface area contributed by atoms with Gasteiger partial charge in [0.15, 0.2) is 12.4 Å². The fourth-order valence-corrected chi connectivity index (χ4v) is 9.83. The maximum absolute atomic E-state index is 12.9. The number of nitrogens with zero attached hydrogens (tertiary/aromatic N) is 1. The van der Waals surface area contributed by atoms with Crippen LogP contribution in [0.4, 0.5) is 0 Å². The Morgan fingerprint density at radius 2 is 0.687 bits per heavy atom. The van der Waals surface area contributed by atoms with Crippen LogP contribution in [0.3, 0.4) is 0 Å². The smallest absolute Gasteiger partial charge is 0.306 e. The first kappa shape index (κ1) is 79.5. The van der Waals surface area contributed by atoms with Crippen LogP contribution in [0, 0.1) is 0 Å². The number of hydrogen-bond acceptors (Lipinski definition) is 8. The first-order valence-electron chi connectivity index (χ1n) is 34.7. The lowest BCUT2D eigenvalue weighted by atomic mass is 10.0. The Bertz CT molecular complexity index is 1640. The molecule has 0 heterocycles. The minimum absolute atomic E-state index is 0.145. The largest absolute Gasteiger partial charge is 0.545 e. The quantitative estimate of drug-likeness (QED) is 0.0195. The molecule has 0 spiro atoms. The van der Waals surface area contributed by atoms with E-state index in [0.29, 0.717) is 23.9 Å². The summed E-state index contributed by atoms with van der Waals surface area (Å²) in [5.74, 6) is -2.28. The van der Waals surface area contributed by atoms with Gasteiger partial charge in [-0.2, -0.15) is 0 Å². The number of esters is 2. The van der Waals surface area contributed by atoms with Crippen LogP contribution in [0.15, 0.2) is 85.1 Å². The maximum Gasteiger partial charge on any atom is 0.306 e. The lowest BCUT2D eigenvalue weighted by Crippen LogP contribution is -2.44. The van der Waals surface area contributed by atoms with Crippen LogP contribution in [-0.4, -0.2) is 82.3 Å². The van der Waals surface area contributed by atoms with E-state index in [2.05, 4.69) is 98.9 Å². The summed E-state index contributed by atoms with van der Waals surface area (Å²) >= 11 is 0. The second kappa shape index (κ2) is 64.5. The summed E-state index contributed by atoms with van der Waals surface area (Å²) in [7, 11) is 5.93. The van der Waals surface area contributed by atoms with Crippen molar-refractivity contribution < 1.29 is 42.9 Å². The van der Waals surface area contributed by atoms with Gasteiger partial charge in [0.1, 0.15) is 13.2 Å². The topological polar surface area (TPSA) is 111 Å². The number of rotatable bonds is 64.